The average molecular weight is 438 g/mol. The largest absolute Gasteiger partial charge is 0.370 e. The lowest BCUT2D eigenvalue weighted by molar-refractivity contribution is 0.0672. The van der Waals surface area contributed by atoms with E-state index >= 15 is 0 Å². The van der Waals surface area contributed by atoms with Crippen LogP contribution >= 0.6 is 35.7 Å². The van der Waals surface area contributed by atoms with Gasteiger partial charge in [0.25, 0.3) is 0 Å². The Kier molecular flexibility index (Phi) is 9.16. The summed E-state index contributed by atoms with van der Waals surface area (Å²) in [5.74, 6) is 3.08. The van der Waals surface area contributed by atoms with E-state index in [2.05, 4.69) is 33.5 Å². The van der Waals surface area contributed by atoms with Gasteiger partial charge in [0, 0.05) is 36.7 Å². The molecule has 0 aromatic heterocycles. The SMILES string of the molecule is C=C(C)CNC(N)=NCC1(N2CCSCC2)CCCCC1.I. The van der Waals surface area contributed by atoms with Crippen molar-refractivity contribution in [3.63, 3.8) is 0 Å². The Labute approximate surface area is 156 Å². The summed E-state index contributed by atoms with van der Waals surface area (Å²) in [5, 5.41) is 3.15. The lowest BCUT2D eigenvalue weighted by Gasteiger charge is -2.47. The molecule has 128 valence electrons. The van der Waals surface area contributed by atoms with Crippen LogP contribution in [0.5, 0.6) is 0 Å². The van der Waals surface area contributed by atoms with Crippen molar-refractivity contribution in [1.82, 2.24) is 10.2 Å². The van der Waals surface area contributed by atoms with E-state index in [1.807, 2.05) is 6.92 Å². The number of guanidine groups is 1. The highest BCUT2D eigenvalue weighted by molar-refractivity contribution is 14.0. The van der Waals surface area contributed by atoms with Gasteiger partial charge < -0.3 is 11.1 Å². The Balaban J connectivity index is 0.00000242. The maximum Gasteiger partial charge on any atom is 0.188 e. The first-order valence-corrected chi connectivity index (χ1v) is 9.29. The standard InChI is InChI=1S/C16H30N4S.HI/c1-14(2)12-18-15(17)19-13-16(6-4-3-5-7-16)20-8-10-21-11-9-20;/h1,3-13H2,2H3,(H3,17,18,19);1H. The number of nitrogens with one attached hydrogen (secondary N) is 1. The van der Waals surface area contributed by atoms with E-state index in [4.69, 9.17) is 5.73 Å². The van der Waals surface area contributed by atoms with E-state index in [-0.39, 0.29) is 29.5 Å². The molecule has 0 amide bonds. The van der Waals surface area contributed by atoms with E-state index < -0.39 is 0 Å². The van der Waals surface area contributed by atoms with Gasteiger partial charge in [-0.05, 0) is 19.8 Å². The minimum Gasteiger partial charge on any atom is -0.370 e. The maximum atomic E-state index is 6.00. The van der Waals surface area contributed by atoms with Gasteiger partial charge in [-0.25, -0.2) is 0 Å². The van der Waals surface area contributed by atoms with Gasteiger partial charge in [-0.3, -0.25) is 9.89 Å². The van der Waals surface area contributed by atoms with Crippen molar-refractivity contribution < 1.29 is 0 Å². The molecule has 1 saturated carbocycles. The number of halogens is 1. The number of thioether (sulfide) groups is 1. The molecule has 0 spiro atoms. The molecule has 0 radical (unpaired) electrons. The third-order valence-electron chi connectivity index (χ3n) is 4.58. The molecule has 1 heterocycles. The first-order chi connectivity index (χ1) is 10.1. The lowest BCUT2D eigenvalue weighted by Crippen LogP contribution is -2.55. The first kappa shape index (κ1) is 20.1. The molecule has 1 aliphatic carbocycles. The van der Waals surface area contributed by atoms with E-state index in [1.165, 1.54) is 56.7 Å². The fourth-order valence-corrected chi connectivity index (χ4v) is 4.25. The molecule has 0 unspecified atom stereocenters. The van der Waals surface area contributed by atoms with Crippen LogP contribution in [-0.4, -0.2) is 54.1 Å². The van der Waals surface area contributed by atoms with Gasteiger partial charge >= 0.3 is 0 Å². The van der Waals surface area contributed by atoms with Gasteiger partial charge in [0.2, 0.25) is 0 Å². The zero-order valence-electron chi connectivity index (χ0n) is 13.8. The van der Waals surface area contributed by atoms with Crippen molar-refractivity contribution >= 4 is 41.7 Å². The summed E-state index contributed by atoms with van der Waals surface area (Å²) in [4.78, 5) is 7.35. The molecule has 0 aromatic rings. The van der Waals surface area contributed by atoms with E-state index in [0.717, 1.165) is 12.1 Å². The number of aliphatic imine (C=N–C) groups is 1. The van der Waals surface area contributed by atoms with Crippen LogP contribution in [0.4, 0.5) is 0 Å². The normalized spacial score (nSPS) is 22.7. The minimum absolute atomic E-state index is 0. The molecular weight excluding hydrogens is 407 g/mol. The van der Waals surface area contributed by atoms with Crippen LogP contribution in [0.1, 0.15) is 39.0 Å². The highest BCUT2D eigenvalue weighted by Gasteiger charge is 2.38. The summed E-state index contributed by atoms with van der Waals surface area (Å²) in [5.41, 5.74) is 7.34. The summed E-state index contributed by atoms with van der Waals surface area (Å²) < 4.78 is 0. The average Bonchev–Trinajstić information content (AvgIpc) is 2.52. The number of hydrogen-bond donors (Lipinski definition) is 2. The van der Waals surface area contributed by atoms with Crippen molar-refractivity contribution in [1.29, 1.82) is 0 Å². The summed E-state index contributed by atoms with van der Waals surface area (Å²) in [6, 6.07) is 0. The molecule has 0 bridgehead atoms. The maximum absolute atomic E-state index is 6.00. The zero-order valence-corrected chi connectivity index (χ0v) is 16.9. The summed E-state index contributed by atoms with van der Waals surface area (Å²) >= 11 is 2.07. The monoisotopic (exact) mass is 438 g/mol. The van der Waals surface area contributed by atoms with Gasteiger partial charge in [-0.2, -0.15) is 11.8 Å². The molecule has 0 aromatic carbocycles. The predicted molar refractivity (Wildman–Crippen MR) is 109 cm³/mol. The minimum atomic E-state index is 0. The third-order valence-corrected chi connectivity index (χ3v) is 5.52. The number of rotatable bonds is 5. The summed E-state index contributed by atoms with van der Waals surface area (Å²) in [7, 11) is 0. The first-order valence-electron chi connectivity index (χ1n) is 8.13. The zero-order chi connectivity index (χ0) is 15.1. The van der Waals surface area contributed by atoms with Crippen LogP contribution in [0.3, 0.4) is 0 Å². The molecule has 2 rings (SSSR count). The molecule has 2 fully saturated rings. The second-order valence-electron chi connectivity index (χ2n) is 6.40. The van der Waals surface area contributed by atoms with Crippen LogP contribution in [0, 0.1) is 0 Å². The fourth-order valence-electron chi connectivity index (χ4n) is 3.35. The molecule has 2 aliphatic rings. The Morgan fingerprint density at radius 2 is 1.91 bits per heavy atom. The predicted octanol–water partition coefficient (Wildman–Crippen LogP) is 2.84. The van der Waals surface area contributed by atoms with Crippen molar-refractivity contribution in [2.24, 2.45) is 10.7 Å². The van der Waals surface area contributed by atoms with Gasteiger partial charge in [-0.15, -0.1) is 24.0 Å². The van der Waals surface area contributed by atoms with Gasteiger partial charge in [0.15, 0.2) is 5.96 Å². The second kappa shape index (κ2) is 10.0. The van der Waals surface area contributed by atoms with Crippen LogP contribution < -0.4 is 11.1 Å². The summed E-state index contributed by atoms with van der Waals surface area (Å²) in [6.07, 6.45) is 6.58. The molecule has 6 heteroatoms. The molecule has 1 saturated heterocycles. The highest BCUT2D eigenvalue weighted by Crippen LogP contribution is 2.35. The van der Waals surface area contributed by atoms with E-state index in [1.54, 1.807) is 0 Å². The van der Waals surface area contributed by atoms with Gasteiger partial charge in [0.05, 0.1) is 6.54 Å². The fraction of sp³-hybridized carbons (Fsp3) is 0.812. The van der Waals surface area contributed by atoms with Crippen molar-refractivity contribution in [3.8, 4) is 0 Å². The van der Waals surface area contributed by atoms with Crippen LogP contribution in [0.2, 0.25) is 0 Å². The number of hydrogen-bond acceptors (Lipinski definition) is 3. The highest BCUT2D eigenvalue weighted by atomic mass is 127. The molecule has 22 heavy (non-hydrogen) atoms. The van der Waals surface area contributed by atoms with Crippen molar-refractivity contribution in [3.05, 3.63) is 12.2 Å². The van der Waals surface area contributed by atoms with E-state index in [0.29, 0.717) is 12.5 Å². The number of nitrogens with two attached hydrogens (primary N) is 1. The Morgan fingerprint density at radius 3 is 2.50 bits per heavy atom. The molecule has 4 nitrogen and oxygen atoms in total. The van der Waals surface area contributed by atoms with Gasteiger partial charge in [0.1, 0.15) is 0 Å². The topological polar surface area (TPSA) is 53.6 Å². The Hall–Kier alpha value is 0.0500. The third kappa shape index (κ3) is 5.92. The van der Waals surface area contributed by atoms with Crippen LogP contribution in [0.25, 0.3) is 0 Å². The Bertz CT molecular complexity index is 374. The Morgan fingerprint density at radius 1 is 1.27 bits per heavy atom. The smallest absolute Gasteiger partial charge is 0.188 e. The second-order valence-corrected chi connectivity index (χ2v) is 7.62. The molecule has 1 aliphatic heterocycles. The van der Waals surface area contributed by atoms with Crippen LogP contribution in [-0.2, 0) is 0 Å². The van der Waals surface area contributed by atoms with Crippen LogP contribution in [0.15, 0.2) is 17.1 Å². The lowest BCUT2D eigenvalue weighted by atomic mass is 9.80. The molecule has 3 N–H and O–H groups in total. The van der Waals surface area contributed by atoms with Crippen molar-refractivity contribution in [2.75, 3.05) is 37.7 Å². The van der Waals surface area contributed by atoms with Gasteiger partial charge in [-0.1, -0.05) is 31.4 Å². The quantitative estimate of drug-likeness (QED) is 0.300. The molecule has 0 atom stereocenters. The molecular formula is C16H31IN4S. The van der Waals surface area contributed by atoms with Crippen molar-refractivity contribution in [2.45, 2.75) is 44.6 Å². The van der Waals surface area contributed by atoms with E-state index in [9.17, 15) is 0 Å². The summed E-state index contributed by atoms with van der Waals surface area (Å²) in [6.45, 7) is 9.84. The number of nitrogens with zero attached hydrogens (tertiary/aromatic N) is 2.